The summed E-state index contributed by atoms with van der Waals surface area (Å²) in [6, 6.07) is 4.03. The summed E-state index contributed by atoms with van der Waals surface area (Å²) in [4.78, 5) is 14.9. The van der Waals surface area contributed by atoms with Gasteiger partial charge in [0, 0.05) is 18.0 Å². The van der Waals surface area contributed by atoms with Crippen molar-refractivity contribution in [1.82, 2.24) is 10.2 Å². The van der Waals surface area contributed by atoms with Gasteiger partial charge in [0.2, 0.25) is 0 Å². The number of hydrogen-bond acceptors (Lipinski definition) is 3. The van der Waals surface area contributed by atoms with Crippen molar-refractivity contribution >= 4 is 17.4 Å². The van der Waals surface area contributed by atoms with Crippen molar-refractivity contribution < 1.29 is 9.53 Å². The van der Waals surface area contributed by atoms with E-state index in [2.05, 4.69) is 12.2 Å². The average Bonchev–Trinajstić information content (AvgIpc) is 2.89. The summed E-state index contributed by atoms with van der Waals surface area (Å²) in [6.07, 6.45) is 1.14. The number of ether oxygens (including phenoxy) is 1. The zero-order valence-corrected chi connectivity index (χ0v) is 10.8. The lowest BCUT2D eigenvalue weighted by molar-refractivity contribution is -0.0154. The molecule has 0 spiro atoms. The van der Waals surface area contributed by atoms with Crippen LogP contribution in [0, 0.1) is 0 Å². The average molecular weight is 254 g/mol. The second-order valence-corrected chi connectivity index (χ2v) is 5.12. The van der Waals surface area contributed by atoms with Crippen LogP contribution in [0.5, 0.6) is 0 Å². The van der Waals surface area contributed by atoms with Crippen molar-refractivity contribution in [2.75, 3.05) is 19.7 Å². The van der Waals surface area contributed by atoms with E-state index >= 15 is 0 Å². The van der Waals surface area contributed by atoms with Gasteiger partial charge in [-0.2, -0.15) is 0 Å². The number of urea groups is 1. The molecule has 2 rings (SSSR count). The van der Waals surface area contributed by atoms with Crippen LogP contribution in [0.15, 0.2) is 17.5 Å². The van der Waals surface area contributed by atoms with Gasteiger partial charge in [-0.15, -0.1) is 11.3 Å². The molecule has 1 aliphatic heterocycles. The molecule has 0 aliphatic carbocycles. The molecule has 1 atom stereocenters. The van der Waals surface area contributed by atoms with Crippen LogP contribution in [0.3, 0.4) is 0 Å². The van der Waals surface area contributed by atoms with Crippen LogP contribution in [0.25, 0.3) is 0 Å². The largest absolute Gasteiger partial charge is 0.375 e. The first-order valence-electron chi connectivity index (χ1n) is 5.96. The molecular weight excluding hydrogens is 236 g/mol. The molecule has 0 aromatic carbocycles. The van der Waals surface area contributed by atoms with Gasteiger partial charge in [-0.3, -0.25) is 0 Å². The van der Waals surface area contributed by atoms with E-state index in [0.29, 0.717) is 26.2 Å². The summed E-state index contributed by atoms with van der Waals surface area (Å²) in [6.45, 7) is 4.73. The first-order valence-corrected chi connectivity index (χ1v) is 6.84. The molecule has 1 aliphatic rings. The smallest absolute Gasteiger partial charge is 0.317 e. The zero-order chi connectivity index (χ0) is 12.1. The van der Waals surface area contributed by atoms with Crippen molar-refractivity contribution in [1.29, 1.82) is 0 Å². The second kappa shape index (κ2) is 6.02. The number of carbonyl (C=O) groups excluding carboxylic acids is 1. The SMILES string of the molecule is CC[C@@H]1CN(C(=O)NCc2cccs2)CCO1. The van der Waals surface area contributed by atoms with Crippen molar-refractivity contribution in [3.63, 3.8) is 0 Å². The fraction of sp³-hybridized carbons (Fsp3) is 0.583. The van der Waals surface area contributed by atoms with Crippen molar-refractivity contribution in [2.24, 2.45) is 0 Å². The topological polar surface area (TPSA) is 41.6 Å². The maximum Gasteiger partial charge on any atom is 0.317 e. The van der Waals surface area contributed by atoms with E-state index in [1.54, 1.807) is 11.3 Å². The van der Waals surface area contributed by atoms with Gasteiger partial charge in [-0.05, 0) is 17.9 Å². The minimum atomic E-state index is 0.0140. The van der Waals surface area contributed by atoms with Crippen LogP contribution in [-0.2, 0) is 11.3 Å². The lowest BCUT2D eigenvalue weighted by Gasteiger charge is -2.32. The van der Waals surface area contributed by atoms with Gasteiger partial charge in [-0.25, -0.2) is 4.79 Å². The number of morpholine rings is 1. The van der Waals surface area contributed by atoms with Gasteiger partial charge in [0.05, 0.1) is 19.3 Å². The van der Waals surface area contributed by atoms with Crippen LogP contribution in [-0.4, -0.2) is 36.7 Å². The summed E-state index contributed by atoms with van der Waals surface area (Å²) in [5, 5.41) is 4.96. The highest BCUT2D eigenvalue weighted by Crippen LogP contribution is 2.10. The van der Waals surface area contributed by atoms with Crippen LogP contribution in [0.4, 0.5) is 4.79 Å². The van der Waals surface area contributed by atoms with E-state index in [1.165, 1.54) is 4.88 Å². The van der Waals surface area contributed by atoms with Crippen LogP contribution >= 0.6 is 11.3 Å². The Morgan fingerprint density at radius 2 is 2.59 bits per heavy atom. The third kappa shape index (κ3) is 3.44. The number of rotatable bonds is 3. The third-order valence-electron chi connectivity index (χ3n) is 2.88. The molecule has 1 N–H and O–H groups in total. The number of thiophene rings is 1. The van der Waals surface area contributed by atoms with E-state index in [9.17, 15) is 4.79 Å². The molecule has 17 heavy (non-hydrogen) atoms. The lowest BCUT2D eigenvalue weighted by Crippen LogP contribution is -2.49. The molecule has 1 aromatic rings. The van der Waals surface area contributed by atoms with Crippen LogP contribution < -0.4 is 5.32 Å². The van der Waals surface area contributed by atoms with E-state index in [-0.39, 0.29) is 12.1 Å². The Morgan fingerprint density at radius 3 is 3.29 bits per heavy atom. The summed E-state index contributed by atoms with van der Waals surface area (Å²) < 4.78 is 5.54. The van der Waals surface area contributed by atoms with Gasteiger partial charge >= 0.3 is 6.03 Å². The predicted octanol–water partition coefficient (Wildman–Crippen LogP) is 2.07. The maximum atomic E-state index is 11.9. The van der Waals surface area contributed by atoms with Crippen molar-refractivity contribution in [3.05, 3.63) is 22.4 Å². The van der Waals surface area contributed by atoms with E-state index in [0.717, 1.165) is 6.42 Å². The highest BCUT2D eigenvalue weighted by Gasteiger charge is 2.22. The summed E-state index contributed by atoms with van der Waals surface area (Å²) in [7, 11) is 0. The van der Waals surface area contributed by atoms with Gasteiger partial charge in [0.25, 0.3) is 0 Å². The van der Waals surface area contributed by atoms with Gasteiger partial charge < -0.3 is 15.0 Å². The molecule has 5 heteroatoms. The number of hydrogen-bond donors (Lipinski definition) is 1. The minimum absolute atomic E-state index is 0.0140. The molecule has 94 valence electrons. The lowest BCUT2D eigenvalue weighted by atomic mass is 10.2. The Morgan fingerprint density at radius 1 is 1.71 bits per heavy atom. The van der Waals surface area contributed by atoms with Crippen LogP contribution in [0.2, 0.25) is 0 Å². The Labute approximate surface area is 106 Å². The number of nitrogens with zero attached hydrogens (tertiary/aromatic N) is 1. The molecule has 4 nitrogen and oxygen atoms in total. The third-order valence-corrected chi connectivity index (χ3v) is 3.75. The quantitative estimate of drug-likeness (QED) is 0.897. The molecule has 2 heterocycles. The van der Waals surface area contributed by atoms with Gasteiger partial charge in [-0.1, -0.05) is 13.0 Å². The Kier molecular flexibility index (Phi) is 4.39. The molecule has 0 radical (unpaired) electrons. The maximum absolute atomic E-state index is 11.9. The van der Waals surface area contributed by atoms with Crippen molar-refractivity contribution in [3.8, 4) is 0 Å². The first-order chi connectivity index (χ1) is 8.29. The Hall–Kier alpha value is -1.07. The Balaban J connectivity index is 1.79. The highest BCUT2D eigenvalue weighted by atomic mass is 32.1. The Bertz CT molecular complexity index is 353. The molecular formula is C12H18N2O2S. The zero-order valence-electron chi connectivity index (χ0n) is 10.0. The molecule has 1 fully saturated rings. The second-order valence-electron chi connectivity index (χ2n) is 4.09. The van der Waals surface area contributed by atoms with Crippen LogP contribution in [0.1, 0.15) is 18.2 Å². The fourth-order valence-corrected chi connectivity index (χ4v) is 2.48. The molecule has 2 amide bonds. The monoisotopic (exact) mass is 254 g/mol. The highest BCUT2D eigenvalue weighted by molar-refractivity contribution is 7.09. The van der Waals surface area contributed by atoms with E-state index < -0.39 is 0 Å². The number of carbonyl (C=O) groups is 1. The van der Waals surface area contributed by atoms with Gasteiger partial charge in [0.1, 0.15) is 0 Å². The summed E-state index contributed by atoms with van der Waals surface area (Å²) >= 11 is 1.66. The molecule has 0 bridgehead atoms. The molecule has 0 unspecified atom stereocenters. The summed E-state index contributed by atoms with van der Waals surface area (Å²) in [5.74, 6) is 0. The van der Waals surface area contributed by atoms with E-state index in [1.807, 2.05) is 22.4 Å². The number of nitrogens with one attached hydrogen (secondary N) is 1. The van der Waals surface area contributed by atoms with Gasteiger partial charge in [0.15, 0.2) is 0 Å². The standard InChI is InChI=1S/C12H18N2O2S/c1-2-10-9-14(5-6-16-10)12(15)13-8-11-4-3-7-17-11/h3-4,7,10H,2,5-6,8-9H2,1H3,(H,13,15)/t10-/m1/s1. The fourth-order valence-electron chi connectivity index (χ4n) is 1.84. The van der Waals surface area contributed by atoms with E-state index in [4.69, 9.17) is 4.74 Å². The summed E-state index contributed by atoms with van der Waals surface area (Å²) in [5.41, 5.74) is 0. The minimum Gasteiger partial charge on any atom is -0.375 e. The molecule has 1 aromatic heterocycles. The normalized spacial score (nSPS) is 20.3. The number of amides is 2. The first kappa shape index (κ1) is 12.4. The predicted molar refractivity (Wildman–Crippen MR) is 68.2 cm³/mol. The molecule has 1 saturated heterocycles. The van der Waals surface area contributed by atoms with Crippen molar-refractivity contribution in [2.45, 2.75) is 26.0 Å². The molecule has 0 saturated carbocycles.